The molecule has 6 heteroatoms. The van der Waals surface area contributed by atoms with Crippen LogP contribution >= 0.6 is 0 Å². The molecule has 0 heterocycles. The van der Waals surface area contributed by atoms with Crippen LogP contribution in [0.4, 0.5) is 17.6 Å². The first kappa shape index (κ1) is 10.9. The van der Waals surface area contributed by atoms with Crippen molar-refractivity contribution in [1.82, 2.24) is 0 Å². The van der Waals surface area contributed by atoms with Gasteiger partial charge in [0.1, 0.15) is 0 Å². The molecular formula is C8H7F4NO. The highest BCUT2D eigenvalue weighted by Crippen LogP contribution is 2.22. The third kappa shape index (κ3) is 1.71. The zero-order valence-electron chi connectivity index (χ0n) is 6.90. The van der Waals surface area contributed by atoms with Gasteiger partial charge in [-0.2, -0.15) is 0 Å². The van der Waals surface area contributed by atoms with Crippen molar-refractivity contribution in [2.75, 3.05) is 6.61 Å². The van der Waals surface area contributed by atoms with Crippen LogP contribution in [0, 0.1) is 23.3 Å². The molecule has 1 aromatic rings. The van der Waals surface area contributed by atoms with Gasteiger partial charge in [0.25, 0.3) is 0 Å². The number of aliphatic hydroxyl groups excluding tert-OH is 1. The molecule has 0 saturated heterocycles. The van der Waals surface area contributed by atoms with E-state index in [0.717, 1.165) is 0 Å². The minimum absolute atomic E-state index is 0.425. The van der Waals surface area contributed by atoms with Gasteiger partial charge < -0.3 is 10.8 Å². The molecule has 0 aliphatic heterocycles. The summed E-state index contributed by atoms with van der Waals surface area (Å²) in [6.07, 6.45) is 0. The van der Waals surface area contributed by atoms with E-state index in [2.05, 4.69) is 0 Å². The molecule has 0 aliphatic carbocycles. The van der Waals surface area contributed by atoms with Crippen LogP contribution in [0.5, 0.6) is 0 Å². The Kier molecular flexibility index (Phi) is 3.07. The average Bonchev–Trinajstić information content (AvgIpc) is 2.19. The fourth-order valence-electron chi connectivity index (χ4n) is 0.959. The molecule has 3 N–H and O–H groups in total. The second-order valence-corrected chi connectivity index (χ2v) is 2.68. The van der Waals surface area contributed by atoms with Gasteiger partial charge in [-0.25, -0.2) is 17.6 Å². The van der Waals surface area contributed by atoms with Crippen molar-refractivity contribution in [3.63, 3.8) is 0 Å². The molecule has 0 unspecified atom stereocenters. The van der Waals surface area contributed by atoms with Gasteiger partial charge in [0.05, 0.1) is 12.6 Å². The van der Waals surface area contributed by atoms with Crippen molar-refractivity contribution in [3.8, 4) is 0 Å². The maximum absolute atomic E-state index is 12.9. The van der Waals surface area contributed by atoms with Gasteiger partial charge in [-0.05, 0) is 6.07 Å². The highest BCUT2D eigenvalue weighted by atomic mass is 19.2. The van der Waals surface area contributed by atoms with Gasteiger partial charge in [-0.15, -0.1) is 0 Å². The Morgan fingerprint density at radius 3 is 2.21 bits per heavy atom. The number of nitrogens with two attached hydrogens (primary N) is 1. The molecule has 1 atom stereocenters. The first-order valence-corrected chi connectivity index (χ1v) is 3.68. The van der Waals surface area contributed by atoms with E-state index in [1.807, 2.05) is 0 Å². The lowest BCUT2D eigenvalue weighted by Crippen LogP contribution is -2.18. The number of aliphatic hydroxyl groups is 1. The van der Waals surface area contributed by atoms with E-state index >= 15 is 0 Å². The summed E-state index contributed by atoms with van der Waals surface area (Å²) < 4.78 is 50.6. The predicted octanol–water partition coefficient (Wildman–Crippen LogP) is 1.24. The second-order valence-electron chi connectivity index (χ2n) is 2.68. The number of rotatable bonds is 2. The zero-order valence-corrected chi connectivity index (χ0v) is 6.90. The third-order valence-electron chi connectivity index (χ3n) is 1.73. The summed E-state index contributed by atoms with van der Waals surface area (Å²) in [5.74, 6) is -6.94. The fourth-order valence-corrected chi connectivity index (χ4v) is 0.959. The smallest absolute Gasteiger partial charge is 0.197 e. The molecule has 0 radical (unpaired) electrons. The van der Waals surface area contributed by atoms with Crippen LogP contribution in [0.1, 0.15) is 11.6 Å². The molecule has 1 rings (SSSR count). The van der Waals surface area contributed by atoms with Crippen molar-refractivity contribution in [2.24, 2.45) is 5.73 Å². The quantitative estimate of drug-likeness (QED) is 0.437. The standard InChI is InChI=1S/C8H7F4NO/c9-4-1-3(5(13)2-14)6(10)8(12)7(4)11/h1,5,14H,2,13H2/t5-/m1/s1. The lowest BCUT2D eigenvalue weighted by molar-refractivity contribution is 0.263. The third-order valence-corrected chi connectivity index (χ3v) is 1.73. The summed E-state index contributed by atoms with van der Waals surface area (Å²) >= 11 is 0. The number of hydrogen-bond donors (Lipinski definition) is 2. The van der Waals surface area contributed by atoms with E-state index in [-0.39, 0.29) is 0 Å². The van der Waals surface area contributed by atoms with E-state index in [4.69, 9.17) is 10.8 Å². The molecular weight excluding hydrogens is 202 g/mol. The van der Waals surface area contributed by atoms with E-state index in [1.165, 1.54) is 0 Å². The Labute approximate surface area is 77.0 Å². The van der Waals surface area contributed by atoms with E-state index < -0.39 is 41.5 Å². The molecule has 1 aromatic carbocycles. The lowest BCUT2D eigenvalue weighted by Gasteiger charge is -2.10. The van der Waals surface area contributed by atoms with Gasteiger partial charge in [-0.1, -0.05) is 0 Å². The largest absolute Gasteiger partial charge is 0.394 e. The van der Waals surface area contributed by atoms with Gasteiger partial charge in [0.15, 0.2) is 23.3 Å². The summed E-state index contributed by atoms with van der Waals surface area (Å²) in [7, 11) is 0. The van der Waals surface area contributed by atoms with Gasteiger partial charge in [0.2, 0.25) is 0 Å². The molecule has 0 aliphatic rings. The van der Waals surface area contributed by atoms with Crippen LogP contribution in [0.25, 0.3) is 0 Å². The van der Waals surface area contributed by atoms with Crippen molar-refractivity contribution in [2.45, 2.75) is 6.04 Å². The molecule has 0 bridgehead atoms. The Morgan fingerprint density at radius 1 is 1.14 bits per heavy atom. The average molecular weight is 209 g/mol. The molecule has 0 fully saturated rings. The number of benzene rings is 1. The Balaban J connectivity index is 3.33. The first-order chi connectivity index (χ1) is 6.49. The maximum Gasteiger partial charge on any atom is 0.197 e. The molecule has 0 spiro atoms. The van der Waals surface area contributed by atoms with Crippen molar-refractivity contribution in [3.05, 3.63) is 34.9 Å². The maximum atomic E-state index is 12.9. The fraction of sp³-hybridized carbons (Fsp3) is 0.250. The summed E-state index contributed by atoms with van der Waals surface area (Å²) in [6.45, 7) is -0.693. The summed E-state index contributed by atoms with van der Waals surface area (Å²) in [6, 6.07) is -0.853. The normalized spacial score (nSPS) is 13.0. The van der Waals surface area contributed by atoms with E-state index in [9.17, 15) is 17.6 Å². The SMILES string of the molecule is N[C@H](CO)c1cc(F)c(F)c(F)c1F. The van der Waals surface area contributed by atoms with Crippen LogP contribution < -0.4 is 5.73 Å². The highest BCUT2D eigenvalue weighted by molar-refractivity contribution is 5.24. The number of halogens is 4. The van der Waals surface area contributed by atoms with E-state index in [0.29, 0.717) is 6.07 Å². The minimum atomic E-state index is -1.93. The summed E-state index contributed by atoms with van der Waals surface area (Å²) in [5.41, 5.74) is 4.54. The first-order valence-electron chi connectivity index (χ1n) is 3.68. The van der Waals surface area contributed by atoms with Crippen LogP contribution in [-0.2, 0) is 0 Å². The van der Waals surface area contributed by atoms with Gasteiger partial charge in [0, 0.05) is 5.56 Å². The molecule has 0 saturated carbocycles. The topological polar surface area (TPSA) is 46.2 Å². The second kappa shape index (κ2) is 3.93. The van der Waals surface area contributed by atoms with E-state index in [1.54, 1.807) is 0 Å². The van der Waals surface area contributed by atoms with Crippen molar-refractivity contribution < 1.29 is 22.7 Å². The van der Waals surface area contributed by atoms with Crippen LogP contribution in [0.2, 0.25) is 0 Å². The van der Waals surface area contributed by atoms with Gasteiger partial charge >= 0.3 is 0 Å². The lowest BCUT2D eigenvalue weighted by atomic mass is 10.1. The molecule has 0 aromatic heterocycles. The Bertz CT molecular complexity index is 356. The van der Waals surface area contributed by atoms with Gasteiger partial charge in [-0.3, -0.25) is 0 Å². The predicted molar refractivity (Wildman–Crippen MR) is 40.3 cm³/mol. The molecule has 14 heavy (non-hydrogen) atoms. The Hall–Kier alpha value is -1.14. The Morgan fingerprint density at radius 2 is 1.71 bits per heavy atom. The summed E-state index contributed by atoms with van der Waals surface area (Å²) in [4.78, 5) is 0. The van der Waals surface area contributed by atoms with Crippen molar-refractivity contribution in [1.29, 1.82) is 0 Å². The van der Waals surface area contributed by atoms with Crippen molar-refractivity contribution >= 4 is 0 Å². The molecule has 0 amide bonds. The molecule has 78 valence electrons. The van der Waals surface area contributed by atoms with Crippen LogP contribution in [0.15, 0.2) is 6.07 Å². The molecule has 2 nitrogen and oxygen atoms in total. The minimum Gasteiger partial charge on any atom is -0.394 e. The zero-order chi connectivity index (χ0) is 10.9. The summed E-state index contributed by atoms with van der Waals surface area (Å²) in [5, 5.41) is 8.53. The van der Waals surface area contributed by atoms with Crippen LogP contribution in [-0.4, -0.2) is 11.7 Å². The highest BCUT2D eigenvalue weighted by Gasteiger charge is 2.21. The van der Waals surface area contributed by atoms with Crippen LogP contribution in [0.3, 0.4) is 0 Å². The monoisotopic (exact) mass is 209 g/mol. The number of hydrogen-bond acceptors (Lipinski definition) is 2.